The zero-order chi connectivity index (χ0) is 20.3. The largest absolute Gasteiger partial charge is 0.461 e. The molecule has 0 N–H and O–H groups in total. The number of aryl methyl sites for hydroxylation is 2. The smallest absolute Gasteiger partial charge is 0.338 e. The van der Waals surface area contributed by atoms with Gasteiger partial charge in [0, 0.05) is 0 Å². The van der Waals surface area contributed by atoms with Crippen LogP contribution in [0.5, 0.6) is 0 Å². The highest BCUT2D eigenvalue weighted by Crippen LogP contribution is 2.41. The number of hydrogen-bond acceptors (Lipinski definition) is 5. The molecule has 1 saturated heterocycles. The Morgan fingerprint density at radius 2 is 1.46 bits per heavy atom. The van der Waals surface area contributed by atoms with Crippen LogP contribution in [-0.2, 0) is 9.47 Å². The van der Waals surface area contributed by atoms with Crippen molar-refractivity contribution < 1.29 is 23.5 Å². The van der Waals surface area contributed by atoms with Crippen molar-refractivity contribution in [2.75, 3.05) is 6.61 Å². The predicted octanol–water partition coefficient (Wildman–Crippen LogP) is 4.86. The van der Waals surface area contributed by atoms with E-state index in [2.05, 4.69) is 15.9 Å². The lowest BCUT2D eigenvalue weighted by Crippen LogP contribution is -2.36. The zero-order valence-corrected chi connectivity index (χ0v) is 17.8. The molecular formula is C21H20BrFO4S. The van der Waals surface area contributed by atoms with E-state index in [1.54, 1.807) is 36.4 Å². The number of benzene rings is 2. The number of rotatable bonds is 5. The molecule has 2 aromatic carbocycles. The van der Waals surface area contributed by atoms with E-state index in [-0.39, 0.29) is 6.61 Å². The summed E-state index contributed by atoms with van der Waals surface area (Å²) in [5, 5.41) is -0.497. The Hall–Kier alpha value is -1.86. The fourth-order valence-corrected chi connectivity index (χ4v) is 5.04. The van der Waals surface area contributed by atoms with Gasteiger partial charge in [0.2, 0.25) is 0 Å². The van der Waals surface area contributed by atoms with Crippen molar-refractivity contribution in [2.24, 2.45) is 0 Å². The van der Waals surface area contributed by atoms with Crippen LogP contribution in [0.4, 0.5) is 4.39 Å². The molecule has 28 heavy (non-hydrogen) atoms. The van der Waals surface area contributed by atoms with Crippen molar-refractivity contribution in [3.8, 4) is 0 Å². The fourth-order valence-electron chi connectivity index (χ4n) is 2.76. The van der Waals surface area contributed by atoms with Gasteiger partial charge in [-0.05, 0) is 38.1 Å². The molecule has 0 bridgehead atoms. The van der Waals surface area contributed by atoms with Crippen molar-refractivity contribution in [3.63, 3.8) is 0 Å². The lowest BCUT2D eigenvalue weighted by Gasteiger charge is -2.20. The molecule has 4 nitrogen and oxygen atoms in total. The molecule has 0 amide bonds. The first-order valence-corrected chi connectivity index (χ1v) is 10.7. The van der Waals surface area contributed by atoms with Gasteiger partial charge in [0.05, 0.1) is 20.5 Å². The van der Waals surface area contributed by atoms with Gasteiger partial charge >= 0.3 is 11.9 Å². The maximum absolute atomic E-state index is 14.6. The molecule has 4 atom stereocenters. The minimum absolute atomic E-state index is 0.0499. The highest BCUT2D eigenvalue weighted by atomic mass is 79.9. The molecule has 0 saturated carbocycles. The third-order valence-electron chi connectivity index (χ3n) is 4.43. The second-order valence-corrected chi connectivity index (χ2v) is 9.65. The molecular weight excluding hydrogens is 447 g/mol. The monoisotopic (exact) mass is 466 g/mol. The average molecular weight is 467 g/mol. The van der Waals surface area contributed by atoms with Crippen LogP contribution in [0.25, 0.3) is 0 Å². The van der Waals surface area contributed by atoms with E-state index in [1.807, 2.05) is 26.0 Å². The van der Waals surface area contributed by atoms with Crippen LogP contribution in [-0.4, -0.2) is 40.2 Å². The molecule has 7 heteroatoms. The Bertz CT molecular complexity index is 840. The third kappa shape index (κ3) is 4.94. The summed E-state index contributed by atoms with van der Waals surface area (Å²) >= 11 is 4.50. The normalized spacial score (nSPS) is 24.0. The number of halogens is 2. The maximum Gasteiger partial charge on any atom is 0.338 e. The highest BCUT2D eigenvalue weighted by molar-refractivity contribution is 9.11. The molecule has 2 aromatic rings. The van der Waals surface area contributed by atoms with E-state index in [1.165, 1.54) is 11.8 Å². The van der Waals surface area contributed by atoms with Gasteiger partial charge in [0.1, 0.15) is 6.61 Å². The van der Waals surface area contributed by atoms with Crippen molar-refractivity contribution >= 4 is 39.6 Å². The number of esters is 2. The topological polar surface area (TPSA) is 52.6 Å². The Morgan fingerprint density at radius 3 is 2.00 bits per heavy atom. The predicted molar refractivity (Wildman–Crippen MR) is 111 cm³/mol. The first kappa shape index (κ1) is 20.9. The van der Waals surface area contributed by atoms with Gasteiger partial charge in [-0.2, -0.15) is 0 Å². The molecule has 0 spiro atoms. The summed E-state index contributed by atoms with van der Waals surface area (Å²) in [6.07, 6.45) is -2.41. The fraction of sp³-hybridized carbons (Fsp3) is 0.333. The summed E-state index contributed by atoms with van der Waals surface area (Å²) in [6, 6.07) is 13.9. The molecule has 1 heterocycles. The summed E-state index contributed by atoms with van der Waals surface area (Å²) in [4.78, 5) is 24.6. The van der Waals surface area contributed by atoms with Gasteiger partial charge in [-0.25, -0.2) is 14.0 Å². The second-order valence-electron chi connectivity index (χ2n) is 6.67. The molecule has 148 valence electrons. The second kappa shape index (κ2) is 9.09. The molecule has 1 aliphatic heterocycles. The molecule has 1 aliphatic rings. The van der Waals surface area contributed by atoms with E-state index < -0.39 is 33.6 Å². The van der Waals surface area contributed by atoms with E-state index >= 15 is 0 Å². The Balaban J connectivity index is 1.63. The first-order valence-electron chi connectivity index (χ1n) is 8.80. The maximum atomic E-state index is 14.6. The average Bonchev–Trinajstić information content (AvgIpc) is 2.95. The summed E-state index contributed by atoms with van der Waals surface area (Å²) < 4.78 is 24.8. The molecule has 0 aromatic heterocycles. The third-order valence-corrected chi connectivity index (χ3v) is 6.86. The molecule has 0 radical (unpaired) electrons. The summed E-state index contributed by atoms with van der Waals surface area (Å²) in [5.41, 5.74) is 2.83. The highest BCUT2D eigenvalue weighted by Gasteiger charge is 2.46. The summed E-state index contributed by atoms with van der Waals surface area (Å²) in [6.45, 7) is 3.79. The van der Waals surface area contributed by atoms with Crippen molar-refractivity contribution in [1.82, 2.24) is 0 Å². The zero-order valence-electron chi connectivity index (χ0n) is 15.4. The lowest BCUT2D eigenvalue weighted by molar-refractivity contribution is 0.00404. The van der Waals surface area contributed by atoms with E-state index in [0.29, 0.717) is 11.1 Å². The van der Waals surface area contributed by atoms with Crippen LogP contribution < -0.4 is 0 Å². The standard InChI is InChI=1S/C21H20BrFO4S/c1-12-3-7-14(8-4-12)20(24)26-11-16-18(17(23)19(22)28-16)27-21(25)15-9-5-13(2)6-10-15/h3-10,16-19H,11H2,1-2H3/t16-,17+,18-,19+/m1/s1. The van der Waals surface area contributed by atoms with E-state index in [0.717, 1.165) is 11.1 Å². The van der Waals surface area contributed by atoms with Gasteiger partial charge in [-0.3, -0.25) is 0 Å². The van der Waals surface area contributed by atoms with Gasteiger partial charge < -0.3 is 9.47 Å². The quantitative estimate of drug-likeness (QED) is 0.465. The van der Waals surface area contributed by atoms with Crippen molar-refractivity contribution in [3.05, 3.63) is 70.8 Å². The van der Waals surface area contributed by atoms with Gasteiger partial charge in [-0.1, -0.05) is 51.3 Å². The van der Waals surface area contributed by atoms with Crippen molar-refractivity contribution in [1.29, 1.82) is 0 Å². The lowest BCUT2D eigenvalue weighted by atomic mass is 10.1. The first-order chi connectivity index (χ1) is 13.3. The molecule has 1 fully saturated rings. The SMILES string of the molecule is Cc1ccc(C(=O)OC[C@H]2S[C@H](Br)[C@@H](F)[C@@H]2OC(=O)c2ccc(C)cc2)cc1. The number of hydrogen-bond donors (Lipinski definition) is 0. The van der Waals surface area contributed by atoms with Gasteiger partial charge in [-0.15, -0.1) is 11.8 Å². The van der Waals surface area contributed by atoms with Crippen LogP contribution in [0, 0.1) is 13.8 Å². The number of carbonyl (C=O) groups excluding carboxylic acids is 2. The van der Waals surface area contributed by atoms with E-state index in [9.17, 15) is 14.0 Å². The minimum atomic E-state index is -1.40. The minimum Gasteiger partial charge on any atom is -0.461 e. The number of alkyl halides is 2. The van der Waals surface area contributed by atoms with E-state index in [4.69, 9.17) is 9.47 Å². The Labute approximate surface area is 175 Å². The summed E-state index contributed by atoms with van der Waals surface area (Å²) in [5.74, 6) is -1.08. The Kier molecular flexibility index (Phi) is 6.78. The molecule has 0 unspecified atom stereocenters. The van der Waals surface area contributed by atoms with Crippen LogP contribution >= 0.6 is 27.7 Å². The van der Waals surface area contributed by atoms with Gasteiger partial charge in [0.25, 0.3) is 0 Å². The number of thioether (sulfide) groups is 1. The Morgan fingerprint density at radius 1 is 0.964 bits per heavy atom. The van der Waals surface area contributed by atoms with Crippen LogP contribution in [0.1, 0.15) is 31.8 Å². The van der Waals surface area contributed by atoms with Gasteiger partial charge in [0.15, 0.2) is 12.3 Å². The van der Waals surface area contributed by atoms with Crippen molar-refractivity contribution in [2.45, 2.75) is 35.5 Å². The number of carbonyl (C=O) groups is 2. The van der Waals surface area contributed by atoms with Crippen LogP contribution in [0.3, 0.4) is 0 Å². The molecule has 3 rings (SSSR count). The van der Waals surface area contributed by atoms with Crippen LogP contribution in [0.15, 0.2) is 48.5 Å². The number of ether oxygens (including phenoxy) is 2. The molecule has 0 aliphatic carbocycles. The summed E-state index contributed by atoms with van der Waals surface area (Å²) in [7, 11) is 0. The van der Waals surface area contributed by atoms with Crippen LogP contribution in [0.2, 0.25) is 0 Å².